The maximum Gasteiger partial charge on any atom is 0.355 e. The van der Waals surface area contributed by atoms with Crippen molar-refractivity contribution in [2.75, 3.05) is 6.61 Å². The van der Waals surface area contributed by atoms with Gasteiger partial charge in [0, 0.05) is 11.3 Å². The minimum absolute atomic E-state index is 0.242. The normalized spacial score (nSPS) is 12.5. The summed E-state index contributed by atoms with van der Waals surface area (Å²) in [5.74, 6) is -0.505. The van der Waals surface area contributed by atoms with Crippen LogP contribution in [0.1, 0.15) is 28.7 Å². The molecule has 2 N–H and O–H groups in total. The molecule has 0 aliphatic carbocycles. The molecule has 1 unspecified atom stereocenters. The molecule has 0 aliphatic rings. The summed E-state index contributed by atoms with van der Waals surface area (Å²) in [6, 6.07) is 0. The number of aromatic amines is 1. The Morgan fingerprint density at radius 1 is 1.53 bits per heavy atom. The lowest BCUT2D eigenvalue weighted by molar-refractivity contribution is 0.0519. The molecule has 15 heavy (non-hydrogen) atoms. The van der Waals surface area contributed by atoms with E-state index in [1.165, 1.54) is 0 Å². The Bertz CT molecular complexity index is 410. The van der Waals surface area contributed by atoms with Gasteiger partial charge in [-0.1, -0.05) is 0 Å². The predicted molar refractivity (Wildman–Crippen MR) is 55.3 cm³/mol. The quantitative estimate of drug-likeness (QED) is 0.608. The number of carbonyl (C=O) groups excluding carboxylic acids is 1. The first kappa shape index (κ1) is 11.9. The van der Waals surface area contributed by atoms with E-state index in [4.69, 9.17) is 9.29 Å². The maximum absolute atomic E-state index is 11.4. The van der Waals surface area contributed by atoms with E-state index in [9.17, 15) is 9.00 Å². The number of hydrogen-bond donors (Lipinski definition) is 2. The summed E-state index contributed by atoms with van der Waals surface area (Å²) in [5.41, 5.74) is 1.22. The van der Waals surface area contributed by atoms with Gasteiger partial charge in [0.2, 0.25) is 0 Å². The molecule has 0 aromatic carbocycles. The highest BCUT2D eigenvalue weighted by Gasteiger charge is 2.20. The number of ether oxygens (including phenoxy) is 1. The molecule has 0 spiro atoms. The third-order valence-electron chi connectivity index (χ3n) is 2.02. The van der Waals surface area contributed by atoms with Crippen molar-refractivity contribution >= 4 is 17.0 Å². The Balaban J connectivity index is 3.17. The number of esters is 1. The van der Waals surface area contributed by atoms with Gasteiger partial charge in [-0.2, -0.15) is 0 Å². The zero-order chi connectivity index (χ0) is 11.6. The number of aryl methyl sites for hydroxylation is 1. The van der Waals surface area contributed by atoms with Gasteiger partial charge in [0.25, 0.3) is 0 Å². The minimum Gasteiger partial charge on any atom is -0.461 e. The number of aromatic nitrogens is 1. The van der Waals surface area contributed by atoms with Gasteiger partial charge in [0.15, 0.2) is 11.1 Å². The monoisotopic (exact) mass is 231 g/mol. The van der Waals surface area contributed by atoms with Gasteiger partial charge in [0.1, 0.15) is 5.69 Å². The van der Waals surface area contributed by atoms with Gasteiger partial charge in [-0.05, 0) is 20.8 Å². The molecule has 1 aromatic heterocycles. The summed E-state index contributed by atoms with van der Waals surface area (Å²) >= 11 is -2.09. The number of carbonyl (C=O) groups is 1. The second kappa shape index (κ2) is 4.59. The largest absolute Gasteiger partial charge is 0.461 e. The molecule has 1 heterocycles. The molecular weight excluding hydrogens is 218 g/mol. The van der Waals surface area contributed by atoms with Crippen molar-refractivity contribution in [1.82, 2.24) is 4.98 Å². The molecule has 84 valence electrons. The fourth-order valence-electron chi connectivity index (χ4n) is 1.40. The third kappa shape index (κ3) is 2.27. The smallest absolute Gasteiger partial charge is 0.355 e. The van der Waals surface area contributed by atoms with E-state index < -0.39 is 17.0 Å². The Labute approximate surface area is 90.1 Å². The molecule has 0 aliphatic heterocycles. The first-order valence-electron chi connectivity index (χ1n) is 4.46. The first-order chi connectivity index (χ1) is 6.99. The highest BCUT2D eigenvalue weighted by molar-refractivity contribution is 7.79. The summed E-state index contributed by atoms with van der Waals surface area (Å²) in [7, 11) is 0. The molecular formula is C9H13NO4S. The number of rotatable bonds is 3. The highest BCUT2D eigenvalue weighted by atomic mass is 32.2. The van der Waals surface area contributed by atoms with Gasteiger partial charge in [-0.25, -0.2) is 9.00 Å². The maximum atomic E-state index is 11.4. The summed E-state index contributed by atoms with van der Waals surface area (Å²) in [4.78, 5) is 14.4. The molecule has 5 nitrogen and oxygen atoms in total. The topological polar surface area (TPSA) is 79.4 Å². The minimum atomic E-state index is -2.09. The number of nitrogens with one attached hydrogen (secondary N) is 1. The van der Waals surface area contributed by atoms with E-state index in [2.05, 4.69) is 4.98 Å². The molecule has 6 heteroatoms. The fourth-order valence-corrected chi connectivity index (χ4v) is 2.08. The number of hydrogen-bond acceptors (Lipinski definition) is 3. The van der Waals surface area contributed by atoms with Crippen LogP contribution in [0.15, 0.2) is 4.90 Å². The van der Waals surface area contributed by atoms with Crippen molar-refractivity contribution in [2.45, 2.75) is 25.7 Å². The lowest BCUT2D eigenvalue weighted by Gasteiger charge is -2.00. The molecule has 0 bridgehead atoms. The molecule has 0 saturated heterocycles. The highest BCUT2D eigenvalue weighted by Crippen LogP contribution is 2.21. The molecule has 1 rings (SSSR count). The van der Waals surface area contributed by atoms with Crippen molar-refractivity contribution in [3.63, 3.8) is 0 Å². The van der Waals surface area contributed by atoms with Crippen LogP contribution in [0.4, 0.5) is 0 Å². The van der Waals surface area contributed by atoms with Crippen molar-refractivity contribution in [1.29, 1.82) is 0 Å². The molecule has 0 radical (unpaired) electrons. The van der Waals surface area contributed by atoms with E-state index in [0.717, 1.165) is 0 Å². The average molecular weight is 231 g/mol. The van der Waals surface area contributed by atoms with E-state index in [1.807, 2.05) is 0 Å². The van der Waals surface area contributed by atoms with E-state index in [-0.39, 0.29) is 17.2 Å². The van der Waals surface area contributed by atoms with Gasteiger partial charge < -0.3 is 14.3 Å². The van der Waals surface area contributed by atoms with E-state index >= 15 is 0 Å². The first-order valence-corrected chi connectivity index (χ1v) is 5.56. The van der Waals surface area contributed by atoms with Crippen LogP contribution in [0.25, 0.3) is 0 Å². The molecule has 0 amide bonds. The zero-order valence-electron chi connectivity index (χ0n) is 8.79. The van der Waals surface area contributed by atoms with Crippen molar-refractivity contribution < 1.29 is 18.3 Å². The second-order valence-electron chi connectivity index (χ2n) is 3.05. The van der Waals surface area contributed by atoms with Gasteiger partial charge >= 0.3 is 5.97 Å². The van der Waals surface area contributed by atoms with E-state index in [1.54, 1.807) is 20.8 Å². The SMILES string of the molecule is CCOC(=O)c1[nH]c(C)c(S(=O)O)c1C. The molecule has 1 atom stereocenters. The Morgan fingerprint density at radius 2 is 2.13 bits per heavy atom. The van der Waals surface area contributed by atoms with Crippen LogP contribution in [-0.4, -0.2) is 26.3 Å². The summed E-state index contributed by atoms with van der Waals surface area (Å²) < 4.78 is 24.8. The third-order valence-corrected chi connectivity index (χ3v) is 2.98. The van der Waals surface area contributed by atoms with Crippen molar-refractivity contribution in [3.05, 3.63) is 17.0 Å². The van der Waals surface area contributed by atoms with Crippen molar-refractivity contribution in [2.24, 2.45) is 0 Å². The zero-order valence-corrected chi connectivity index (χ0v) is 9.60. The van der Waals surface area contributed by atoms with Gasteiger partial charge in [-0.15, -0.1) is 0 Å². The molecule has 0 saturated carbocycles. The van der Waals surface area contributed by atoms with Crippen LogP contribution in [0, 0.1) is 13.8 Å². The number of H-pyrrole nitrogens is 1. The van der Waals surface area contributed by atoms with Crippen LogP contribution < -0.4 is 0 Å². The molecule has 1 aromatic rings. The predicted octanol–water partition coefficient (Wildman–Crippen LogP) is 1.39. The second-order valence-corrected chi connectivity index (χ2v) is 3.96. The summed E-state index contributed by atoms with van der Waals surface area (Å²) in [6.07, 6.45) is 0. The average Bonchev–Trinajstić information content (AvgIpc) is 2.42. The summed E-state index contributed by atoms with van der Waals surface area (Å²) in [5, 5.41) is 0. The van der Waals surface area contributed by atoms with Crippen LogP contribution in [0.2, 0.25) is 0 Å². The van der Waals surface area contributed by atoms with Gasteiger partial charge in [0.05, 0.1) is 11.5 Å². The Hall–Kier alpha value is -1.14. The van der Waals surface area contributed by atoms with Crippen LogP contribution in [0.3, 0.4) is 0 Å². The fraction of sp³-hybridized carbons (Fsp3) is 0.444. The Morgan fingerprint density at radius 3 is 2.53 bits per heavy atom. The standard InChI is InChI=1S/C9H13NO4S/c1-4-14-9(11)7-5(2)8(15(12)13)6(3)10-7/h10H,4H2,1-3H3,(H,12,13). The Kier molecular flexibility index (Phi) is 3.65. The van der Waals surface area contributed by atoms with Gasteiger partial charge in [-0.3, -0.25) is 0 Å². The lowest BCUT2D eigenvalue weighted by atomic mass is 10.2. The van der Waals surface area contributed by atoms with Crippen LogP contribution >= 0.6 is 0 Å². The molecule has 0 fully saturated rings. The van der Waals surface area contributed by atoms with Crippen molar-refractivity contribution in [3.8, 4) is 0 Å². The summed E-state index contributed by atoms with van der Waals surface area (Å²) in [6.45, 7) is 5.22. The van der Waals surface area contributed by atoms with E-state index in [0.29, 0.717) is 11.3 Å². The van der Waals surface area contributed by atoms with Crippen LogP contribution in [-0.2, 0) is 15.8 Å². The van der Waals surface area contributed by atoms with Crippen LogP contribution in [0.5, 0.6) is 0 Å². The lowest BCUT2D eigenvalue weighted by Crippen LogP contribution is -2.06.